The van der Waals surface area contributed by atoms with E-state index in [1.54, 1.807) is 21.1 Å². The van der Waals surface area contributed by atoms with Crippen molar-refractivity contribution in [2.75, 3.05) is 39.3 Å². The summed E-state index contributed by atoms with van der Waals surface area (Å²) in [5.41, 5.74) is 3.95. The molecule has 0 atom stereocenters. The second-order valence-corrected chi connectivity index (χ2v) is 10.2. The Hall–Kier alpha value is -3.48. The number of hydrogen-bond donors (Lipinski definition) is 0. The Bertz CT molecular complexity index is 1230. The van der Waals surface area contributed by atoms with Crippen LogP contribution in [0.4, 0.5) is 5.69 Å². The molecule has 0 saturated carbocycles. The summed E-state index contributed by atoms with van der Waals surface area (Å²) in [6, 6.07) is 14.0. The molecule has 0 N–H and O–H groups in total. The van der Waals surface area contributed by atoms with Crippen molar-refractivity contribution in [2.24, 2.45) is 7.05 Å². The number of aromatic nitrogens is 1. The Labute approximate surface area is 233 Å². The molecule has 0 bridgehead atoms. The minimum Gasteiger partial charge on any atom is -0.497 e. The standard InChI is InChI=1S/C32H45N3O4/c1-7-8-21-33(3)30(37)14-12-10-9-11-13-22-35(24(2)36)32-28-23-27(39-6)19-20-29(28)34(4)31(32)25-15-17-26(38-5)18-16-25/h15-20,23H,7-14,21-22H2,1-6H3. The monoisotopic (exact) mass is 535 g/mol. The third kappa shape index (κ3) is 7.55. The average molecular weight is 536 g/mol. The Balaban J connectivity index is 1.74. The van der Waals surface area contributed by atoms with Gasteiger partial charge in [0.15, 0.2) is 0 Å². The summed E-state index contributed by atoms with van der Waals surface area (Å²) in [6.45, 7) is 5.25. The molecule has 212 valence electrons. The summed E-state index contributed by atoms with van der Waals surface area (Å²) in [7, 11) is 7.26. The Morgan fingerprint density at radius 2 is 1.49 bits per heavy atom. The van der Waals surface area contributed by atoms with Crippen LogP contribution in [0, 0.1) is 0 Å². The summed E-state index contributed by atoms with van der Waals surface area (Å²) in [6.07, 6.45) is 7.66. The van der Waals surface area contributed by atoms with Crippen molar-refractivity contribution in [1.82, 2.24) is 9.47 Å². The van der Waals surface area contributed by atoms with Crippen LogP contribution >= 0.6 is 0 Å². The predicted molar refractivity (Wildman–Crippen MR) is 160 cm³/mol. The molecule has 7 nitrogen and oxygen atoms in total. The molecule has 39 heavy (non-hydrogen) atoms. The van der Waals surface area contributed by atoms with Gasteiger partial charge < -0.3 is 23.8 Å². The van der Waals surface area contributed by atoms with Gasteiger partial charge in [-0.2, -0.15) is 0 Å². The zero-order chi connectivity index (χ0) is 28.4. The van der Waals surface area contributed by atoms with E-state index in [4.69, 9.17) is 9.47 Å². The van der Waals surface area contributed by atoms with E-state index in [-0.39, 0.29) is 11.8 Å². The van der Waals surface area contributed by atoms with E-state index in [0.29, 0.717) is 13.0 Å². The van der Waals surface area contributed by atoms with Crippen molar-refractivity contribution >= 4 is 28.4 Å². The van der Waals surface area contributed by atoms with Crippen LogP contribution in [0.25, 0.3) is 22.2 Å². The number of methoxy groups -OCH3 is 2. The number of aryl methyl sites for hydroxylation is 1. The van der Waals surface area contributed by atoms with Crippen LogP contribution in [0.2, 0.25) is 0 Å². The van der Waals surface area contributed by atoms with Crippen LogP contribution in [0.5, 0.6) is 11.5 Å². The van der Waals surface area contributed by atoms with E-state index in [1.165, 1.54) is 0 Å². The highest BCUT2D eigenvalue weighted by Gasteiger charge is 2.24. The first-order valence-corrected chi connectivity index (χ1v) is 14.1. The number of anilines is 1. The van der Waals surface area contributed by atoms with Crippen molar-refractivity contribution in [3.05, 3.63) is 42.5 Å². The molecule has 0 aliphatic rings. The Morgan fingerprint density at radius 1 is 0.846 bits per heavy atom. The van der Waals surface area contributed by atoms with Gasteiger partial charge in [-0.1, -0.05) is 32.6 Å². The fourth-order valence-corrected chi connectivity index (χ4v) is 5.10. The zero-order valence-electron chi connectivity index (χ0n) is 24.6. The second kappa shape index (κ2) is 14.6. The molecule has 3 rings (SSSR count). The Morgan fingerprint density at radius 3 is 2.13 bits per heavy atom. The van der Waals surface area contributed by atoms with E-state index < -0.39 is 0 Å². The third-order valence-corrected chi connectivity index (χ3v) is 7.44. The average Bonchev–Trinajstić information content (AvgIpc) is 3.23. The van der Waals surface area contributed by atoms with Crippen LogP contribution in [-0.2, 0) is 16.6 Å². The highest BCUT2D eigenvalue weighted by atomic mass is 16.5. The summed E-state index contributed by atoms with van der Waals surface area (Å²) in [5.74, 6) is 1.80. The molecule has 0 aliphatic heterocycles. The lowest BCUT2D eigenvalue weighted by Gasteiger charge is -2.23. The molecule has 0 saturated heterocycles. The number of fused-ring (bicyclic) bond motifs is 1. The number of ether oxygens (including phenoxy) is 2. The lowest BCUT2D eigenvalue weighted by Crippen LogP contribution is -2.30. The van der Waals surface area contributed by atoms with Crippen molar-refractivity contribution in [2.45, 2.75) is 65.2 Å². The van der Waals surface area contributed by atoms with Gasteiger partial charge in [-0.3, -0.25) is 9.59 Å². The van der Waals surface area contributed by atoms with E-state index >= 15 is 0 Å². The molecule has 7 heteroatoms. The van der Waals surface area contributed by atoms with Gasteiger partial charge in [-0.15, -0.1) is 0 Å². The van der Waals surface area contributed by atoms with E-state index in [0.717, 1.165) is 90.8 Å². The third-order valence-electron chi connectivity index (χ3n) is 7.44. The van der Waals surface area contributed by atoms with Crippen LogP contribution < -0.4 is 14.4 Å². The molecule has 3 aromatic rings. The number of unbranched alkanes of at least 4 members (excludes halogenated alkanes) is 5. The first-order chi connectivity index (χ1) is 18.8. The second-order valence-electron chi connectivity index (χ2n) is 10.2. The molecule has 0 spiro atoms. The quantitative estimate of drug-likeness (QED) is 0.201. The van der Waals surface area contributed by atoms with Crippen LogP contribution in [-0.4, -0.2) is 55.6 Å². The first-order valence-electron chi connectivity index (χ1n) is 14.1. The molecule has 0 unspecified atom stereocenters. The molecule has 0 radical (unpaired) electrons. The molecule has 2 aromatic carbocycles. The van der Waals surface area contributed by atoms with Gasteiger partial charge in [0.05, 0.1) is 31.1 Å². The number of carbonyl (C=O) groups excluding carboxylic acids is 2. The van der Waals surface area contributed by atoms with Crippen LogP contribution in [0.1, 0.15) is 65.2 Å². The number of hydrogen-bond acceptors (Lipinski definition) is 4. The maximum atomic E-state index is 13.0. The molecule has 0 aliphatic carbocycles. The smallest absolute Gasteiger partial charge is 0.223 e. The molecular weight excluding hydrogens is 490 g/mol. The molecule has 0 fully saturated rings. The minimum atomic E-state index is 0.0146. The topological polar surface area (TPSA) is 64.0 Å². The van der Waals surface area contributed by atoms with Crippen molar-refractivity contribution < 1.29 is 19.1 Å². The molecule has 2 amide bonds. The normalized spacial score (nSPS) is 11.0. The highest BCUT2D eigenvalue weighted by molar-refractivity contribution is 6.09. The maximum absolute atomic E-state index is 13.0. The van der Waals surface area contributed by atoms with Crippen molar-refractivity contribution in [3.8, 4) is 22.8 Å². The van der Waals surface area contributed by atoms with Gasteiger partial charge >= 0.3 is 0 Å². The molecule has 1 aromatic heterocycles. The van der Waals surface area contributed by atoms with E-state index in [2.05, 4.69) is 11.5 Å². The van der Waals surface area contributed by atoms with Crippen LogP contribution in [0.3, 0.4) is 0 Å². The number of benzene rings is 2. The van der Waals surface area contributed by atoms with Gasteiger partial charge in [0.1, 0.15) is 11.5 Å². The maximum Gasteiger partial charge on any atom is 0.223 e. The van der Waals surface area contributed by atoms with E-state index in [9.17, 15) is 9.59 Å². The predicted octanol–water partition coefficient (Wildman–Crippen LogP) is 6.81. The lowest BCUT2D eigenvalue weighted by molar-refractivity contribution is -0.130. The highest BCUT2D eigenvalue weighted by Crippen LogP contribution is 2.42. The minimum absolute atomic E-state index is 0.0146. The van der Waals surface area contributed by atoms with Gasteiger partial charge in [0, 0.05) is 51.5 Å². The summed E-state index contributed by atoms with van der Waals surface area (Å²) in [4.78, 5) is 29.1. The zero-order valence-corrected chi connectivity index (χ0v) is 24.6. The number of carbonyl (C=O) groups is 2. The fourth-order valence-electron chi connectivity index (χ4n) is 5.10. The van der Waals surface area contributed by atoms with Gasteiger partial charge in [0.2, 0.25) is 11.8 Å². The molecule has 1 heterocycles. The molecular formula is C32H45N3O4. The first kappa shape index (κ1) is 30.1. The Kier molecular flexibility index (Phi) is 11.3. The van der Waals surface area contributed by atoms with Crippen LogP contribution in [0.15, 0.2) is 42.5 Å². The van der Waals surface area contributed by atoms with Gasteiger partial charge in [0.25, 0.3) is 0 Å². The fraction of sp³-hybridized carbons (Fsp3) is 0.500. The van der Waals surface area contributed by atoms with E-state index in [1.807, 2.05) is 66.4 Å². The summed E-state index contributed by atoms with van der Waals surface area (Å²) in [5, 5.41) is 0.989. The number of amides is 2. The SMILES string of the molecule is CCCCN(C)C(=O)CCCCCCCN(C(C)=O)c1c(-c2ccc(OC)cc2)n(C)c2ccc(OC)cc12. The summed E-state index contributed by atoms with van der Waals surface area (Å²) >= 11 is 0. The van der Waals surface area contributed by atoms with Crippen molar-refractivity contribution in [3.63, 3.8) is 0 Å². The summed E-state index contributed by atoms with van der Waals surface area (Å²) < 4.78 is 13.0. The lowest BCUT2D eigenvalue weighted by atomic mass is 10.1. The largest absolute Gasteiger partial charge is 0.497 e. The number of nitrogens with zero attached hydrogens (tertiary/aromatic N) is 3. The van der Waals surface area contributed by atoms with Crippen molar-refractivity contribution in [1.29, 1.82) is 0 Å². The van der Waals surface area contributed by atoms with Gasteiger partial charge in [-0.25, -0.2) is 0 Å². The van der Waals surface area contributed by atoms with Gasteiger partial charge in [-0.05, 0) is 61.7 Å². The number of rotatable bonds is 15.